The second-order valence-corrected chi connectivity index (χ2v) is 16.2. The number of amides is 2. The third-order valence-corrected chi connectivity index (χ3v) is 10.6. The summed E-state index contributed by atoms with van der Waals surface area (Å²) >= 11 is 1.45. The smallest absolute Gasteiger partial charge is 0.250 e. The molecule has 1 aliphatic rings. The number of ether oxygens (including phenoxy) is 1. The highest BCUT2D eigenvalue weighted by molar-refractivity contribution is 7.99. The molecule has 2 amide bonds. The van der Waals surface area contributed by atoms with Crippen LogP contribution in [0.1, 0.15) is 46.6 Å². The lowest BCUT2D eigenvalue weighted by molar-refractivity contribution is -0.128. The third-order valence-electron chi connectivity index (χ3n) is 7.61. The minimum Gasteiger partial charge on any atom is -0.497 e. The van der Waals surface area contributed by atoms with Crippen molar-refractivity contribution in [3.63, 3.8) is 0 Å². The van der Waals surface area contributed by atoms with E-state index in [0.717, 1.165) is 10.5 Å². The quantitative estimate of drug-likeness (QED) is 0.180. The molecule has 0 fully saturated rings. The van der Waals surface area contributed by atoms with Gasteiger partial charge in [0.1, 0.15) is 11.8 Å². The van der Waals surface area contributed by atoms with Crippen molar-refractivity contribution >= 4 is 39.3 Å². The zero-order valence-electron chi connectivity index (χ0n) is 28.2. The van der Waals surface area contributed by atoms with Crippen LogP contribution >= 0.6 is 11.8 Å². The minimum atomic E-state index is -3.79. The molecule has 0 bridgehead atoms. The first kappa shape index (κ1) is 37.4. The fraction of sp³-hybridized carbons (Fsp3) is 0.429. The molecule has 260 valence electrons. The molecule has 48 heavy (non-hydrogen) atoms. The number of aliphatic hydroxyl groups excluding tert-OH is 2. The summed E-state index contributed by atoms with van der Waals surface area (Å²) in [5.74, 6) is 0.362. The Labute approximate surface area is 287 Å². The number of fused-ring (bicyclic) bond motifs is 1. The largest absolute Gasteiger partial charge is 0.497 e. The van der Waals surface area contributed by atoms with E-state index >= 15 is 0 Å². The number of β-amino-alcohol motifs (C(OH)–C–C–N with tert-alkyl or cyclic N) is 1. The van der Waals surface area contributed by atoms with Crippen LogP contribution in [0.25, 0.3) is 11.1 Å². The number of carbonyl (C=O) groups excluding carboxylic acids is 2. The van der Waals surface area contributed by atoms with Gasteiger partial charge in [0.2, 0.25) is 15.9 Å². The molecule has 2 atom stereocenters. The zero-order chi connectivity index (χ0) is 35.3. The lowest BCUT2D eigenvalue weighted by atomic mass is 9.99. The third kappa shape index (κ3) is 9.80. The van der Waals surface area contributed by atoms with E-state index in [4.69, 9.17) is 9.84 Å². The van der Waals surface area contributed by atoms with Crippen LogP contribution < -0.4 is 25.0 Å². The Morgan fingerprint density at radius 2 is 1.75 bits per heavy atom. The molecule has 5 N–H and O–H groups in total. The van der Waals surface area contributed by atoms with Gasteiger partial charge < -0.3 is 30.5 Å². The Kier molecular flexibility index (Phi) is 12.0. The number of rotatable bonds is 13. The maximum Gasteiger partial charge on any atom is 0.250 e. The first-order chi connectivity index (χ1) is 22.5. The summed E-state index contributed by atoms with van der Waals surface area (Å²) in [6.45, 7) is 8.94. The van der Waals surface area contributed by atoms with E-state index in [1.54, 1.807) is 63.1 Å². The maximum atomic E-state index is 14.1. The second-order valence-electron chi connectivity index (χ2n) is 13.5. The Bertz CT molecular complexity index is 1710. The number of methoxy groups -OCH3 is 1. The van der Waals surface area contributed by atoms with E-state index in [1.807, 2.05) is 50.2 Å². The van der Waals surface area contributed by atoms with Gasteiger partial charge in [-0.15, -0.1) is 11.8 Å². The number of nitrogens with one attached hydrogen (secondary N) is 3. The molecule has 0 saturated heterocycles. The molecule has 11 nitrogen and oxygen atoms in total. The molecule has 3 aromatic carbocycles. The average molecular weight is 699 g/mol. The average Bonchev–Trinajstić information content (AvgIpc) is 3.14. The summed E-state index contributed by atoms with van der Waals surface area (Å²) in [4.78, 5) is 29.9. The van der Waals surface area contributed by atoms with Gasteiger partial charge in [-0.3, -0.25) is 9.59 Å². The molecule has 0 spiro atoms. The second kappa shape index (κ2) is 15.4. The van der Waals surface area contributed by atoms with Gasteiger partial charge in [-0.05, 0) is 70.0 Å². The normalized spacial score (nSPS) is 16.2. The maximum absolute atomic E-state index is 14.1. The minimum absolute atomic E-state index is 0.0459. The van der Waals surface area contributed by atoms with Crippen molar-refractivity contribution in [1.29, 1.82) is 0 Å². The monoisotopic (exact) mass is 698 g/mol. The number of aliphatic hydroxyl groups is 2. The van der Waals surface area contributed by atoms with Crippen LogP contribution in [0.5, 0.6) is 5.75 Å². The lowest BCUT2D eigenvalue weighted by Gasteiger charge is -2.29. The Hall–Kier alpha value is -3.46. The van der Waals surface area contributed by atoms with E-state index < -0.39 is 39.9 Å². The van der Waals surface area contributed by atoms with Crippen molar-refractivity contribution in [2.45, 2.75) is 80.6 Å². The molecular formula is C35H46N4O7S2. The molecule has 13 heteroatoms. The number of sulfonamides is 1. The summed E-state index contributed by atoms with van der Waals surface area (Å²) < 4.78 is 34.6. The van der Waals surface area contributed by atoms with Gasteiger partial charge in [0.05, 0.1) is 36.9 Å². The van der Waals surface area contributed by atoms with Crippen molar-refractivity contribution in [1.82, 2.24) is 15.4 Å². The molecule has 3 aromatic rings. The van der Waals surface area contributed by atoms with Crippen LogP contribution in [0.3, 0.4) is 0 Å². The number of hydrogen-bond acceptors (Lipinski definition) is 9. The lowest BCUT2D eigenvalue weighted by Crippen LogP contribution is -2.52. The Morgan fingerprint density at radius 1 is 1.06 bits per heavy atom. The summed E-state index contributed by atoms with van der Waals surface area (Å²) in [5, 5.41) is 24.8. The standard InChI is InChI=1S/C35H46N4O7S2/c1-34(2,3)38-48(44,45)31-10-8-7-9-27(31)24-13-11-23(12-14-24)20-39-29-16-15-26(46-6)17-30(29)47-22-28(33(39)43)37-32(42)18-35(4,5)36-19-25(41)21-40/h7-17,25,28,36,38,40-41H,18-22H2,1-6H3,(H,37,42)/t25-,28+/m0/s1. The van der Waals surface area contributed by atoms with Gasteiger partial charge in [-0.25, -0.2) is 13.1 Å². The van der Waals surface area contributed by atoms with Gasteiger partial charge in [-0.2, -0.15) is 0 Å². The zero-order valence-corrected chi connectivity index (χ0v) is 29.9. The summed E-state index contributed by atoms with van der Waals surface area (Å²) in [6.07, 6.45) is -0.900. The summed E-state index contributed by atoms with van der Waals surface area (Å²) in [6, 6.07) is 18.9. The number of thioether (sulfide) groups is 1. The van der Waals surface area contributed by atoms with E-state index in [2.05, 4.69) is 15.4 Å². The van der Waals surface area contributed by atoms with Crippen LogP contribution in [0.2, 0.25) is 0 Å². The molecular weight excluding hydrogens is 653 g/mol. The fourth-order valence-electron chi connectivity index (χ4n) is 5.32. The SMILES string of the molecule is COc1ccc2c(c1)SC[C@@H](NC(=O)CC(C)(C)NC[C@H](O)CO)C(=O)N2Cc1ccc(-c2ccccc2S(=O)(=O)NC(C)(C)C)cc1. The molecule has 0 saturated carbocycles. The first-order valence-electron chi connectivity index (χ1n) is 15.7. The van der Waals surface area contributed by atoms with Crippen molar-refractivity contribution in [2.24, 2.45) is 0 Å². The predicted octanol–water partition coefficient (Wildman–Crippen LogP) is 3.67. The van der Waals surface area contributed by atoms with Gasteiger partial charge in [-0.1, -0.05) is 42.5 Å². The predicted molar refractivity (Wildman–Crippen MR) is 189 cm³/mol. The van der Waals surface area contributed by atoms with E-state index in [1.165, 1.54) is 11.8 Å². The number of benzene rings is 3. The molecule has 0 unspecified atom stereocenters. The van der Waals surface area contributed by atoms with Gasteiger partial charge in [0.15, 0.2) is 0 Å². The molecule has 0 aromatic heterocycles. The number of carbonyl (C=O) groups is 2. The highest BCUT2D eigenvalue weighted by Gasteiger charge is 2.34. The van der Waals surface area contributed by atoms with Crippen LogP contribution in [0, 0.1) is 0 Å². The van der Waals surface area contributed by atoms with Crippen LogP contribution in [-0.4, -0.2) is 79.7 Å². The highest BCUT2D eigenvalue weighted by Crippen LogP contribution is 2.38. The van der Waals surface area contributed by atoms with Crippen molar-refractivity contribution < 1.29 is 33.0 Å². The molecule has 4 rings (SSSR count). The van der Waals surface area contributed by atoms with Gasteiger partial charge in [0, 0.05) is 40.3 Å². The van der Waals surface area contributed by atoms with Crippen LogP contribution in [-0.2, 0) is 26.2 Å². The molecule has 1 heterocycles. The van der Waals surface area contributed by atoms with Crippen LogP contribution in [0.15, 0.2) is 76.5 Å². The number of hydrogen-bond donors (Lipinski definition) is 5. The number of anilines is 1. The molecule has 0 radical (unpaired) electrons. The van der Waals surface area contributed by atoms with E-state index in [0.29, 0.717) is 28.3 Å². The van der Waals surface area contributed by atoms with Gasteiger partial charge in [0.25, 0.3) is 5.91 Å². The summed E-state index contributed by atoms with van der Waals surface area (Å²) in [7, 11) is -2.21. The van der Waals surface area contributed by atoms with Crippen molar-refractivity contribution in [3.05, 3.63) is 72.3 Å². The number of nitrogens with zero attached hydrogens (tertiary/aromatic N) is 1. The van der Waals surface area contributed by atoms with E-state index in [9.17, 15) is 23.1 Å². The fourth-order valence-corrected chi connectivity index (χ4v) is 8.06. The van der Waals surface area contributed by atoms with Crippen LogP contribution in [0.4, 0.5) is 5.69 Å². The molecule has 1 aliphatic heterocycles. The van der Waals surface area contributed by atoms with Gasteiger partial charge >= 0.3 is 0 Å². The topological polar surface area (TPSA) is 157 Å². The molecule has 0 aliphatic carbocycles. The summed E-state index contributed by atoms with van der Waals surface area (Å²) in [5.41, 5.74) is 1.43. The Morgan fingerprint density at radius 3 is 2.40 bits per heavy atom. The van der Waals surface area contributed by atoms with E-state index in [-0.39, 0.29) is 36.2 Å². The van der Waals surface area contributed by atoms with Crippen molar-refractivity contribution in [3.8, 4) is 16.9 Å². The van der Waals surface area contributed by atoms with Crippen molar-refractivity contribution in [2.75, 3.05) is 30.9 Å². The highest BCUT2D eigenvalue weighted by atomic mass is 32.2. The first-order valence-corrected chi connectivity index (χ1v) is 18.2. The Balaban J connectivity index is 1.58.